The van der Waals surface area contributed by atoms with E-state index >= 15 is 0 Å². The number of aliphatic hydroxyl groups excluding tert-OH is 1. The zero-order valence-electron chi connectivity index (χ0n) is 13.5. The number of amides is 1. The molecule has 122 valence electrons. The van der Waals surface area contributed by atoms with Crippen LogP contribution in [0.4, 0.5) is 5.69 Å². The summed E-state index contributed by atoms with van der Waals surface area (Å²) in [7, 11) is 0. The van der Waals surface area contributed by atoms with Crippen LogP contribution in [0.15, 0.2) is 48.5 Å². The lowest BCUT2D eigenvalue weighted by molar-refractivity contribution is -0.118. The van der Waals surface area contributed by atoms with Crippen molar-refractivity contribution in [3.8, 4) is 11.1 Å². The molecule has 0 unspecified atom stereocenters. The number of aliphatic hydroxyl groups is 1. The topological polar surface area (TPSA) is 75.4 Å². The summed E-state index contributed by atoms with van der Waals surface area (Å²) in [5.41, 5.74) is 9.74. The first kappa shape index (κ1) is 17.2. The van der Waals surface area contributed by atoms with E-state index in [0.717, 1.165) is 17.5 Å². The summed E-state index contributed by atoms with van der Waals surface area (Å²) in [6.45, 7) is 1.83. The van der Waals surface area contributed by atoms with Crippen LogP contribution in [0.1, 0.15) is 25.3 Å². The lowest BCUT2D eigenvalue weighted by Gasteiger charge is -2.10. The Kier molecular flexibility index (Phi) is 6.32. The summed E-state index contributed by atoms with van der Waals surface area (Å²) in [5.74, 6) is -0.388. The molecule has 0 radical (unpaired) electrons. The highest BCUT2D eigenvalue weighted by Crippen LogP contribution is 2.22. The molecular weight excluding hydrogens is 288 g/mol. The number of carbonyl (C=O) groups excluding carboxylic acids is 1. The SMILES string of the molecule is CCCCc1ccc(-c2ccc(NC(=O)[C@@H](N)CO)cc2)cc1. The van der Waals surface area contributed by atoms with Gasteiger partial charge in [-0.2, -0.15) is 0 Å². The van der Waals surface area contributed by atoms with E-state index in [4.69, 9.17) is 10.8 Å². The van der Waals surface area contributed by atoms with Gasteiger partial charge in [0.25, 0.3) is 0 Å². The monoisotopic (exact) mass is 312 g/mol. The summed E-state index contributed by atoms with van der Waals surface area (Å²) in [6, 6.07) is 15.3. The Bertz CT molecular complexity index is 621. The van der Waals surface area contributed by atoms with Gasteiger partial charge in [-0.25, -0.2) is 0 Å². The van der Waals surface area contributed by atoms with E-state index in [1.807, 2.05) is 24.3 Å². The second-order valence-electron chi connectivity index (χ2n) is 5.66. The van der Waals surface area contributed by atoms with Gasteiger partial charge in [-0.15, -0.1) is 0 Å². The van der Waals surface area contributed by atoms with Crippen molar-refractivity contribution in [3.05, 3.63) is 54.1 Å². The molecule has 0 spiro atoms. The highest BCUT2D eigenvalue weighted by atomic mass is 16.3. The fourth-order valence-corrected chi connectivity index (χ4v) is 2.31. The molecule has 0 saturated heterocycles. The molecule has 0 heterocycles. The van der Waals surface area contributed by atoms with Crippen molar-refractivity contribution >= 4 is 11.6 Å². The molecule has 2 rings (SSSR count). The molecule has 0 aliphatic rings. The van der Waals surface area contributed by atoms with Gasteiger partial charge < -0.3 is 16.2 Å². The number of benzene rings is 2. The van der Waals surface area contributed by atoms with Crippen LogP contribution in [-0.4, -0.2) is 23.7 Å². The minimum Gasteiger partial charge on any atom is -0.394 e. The van der Waals surface area contributed by atoms with E-state index in [2.05, 4.69) is 36.5 Å². The van der Waals surface area contributed by atoms with Crippen LogP contribution in [-0.2, 0) is 11.2 Å². The van der Waals surface area contributed by atoms with Crippen molar-refractivity contribution in [3.63, 3.8) is 0 Å². The molecule has 0 aliphatic carbocycles. The number of anilines is 1. The summed E-state index contributed by atoms with van der Waals surface area (Å²) < 4.78 is 0. The summed E-state index contributed by atoms with van der Waals surface area (Å²) >= 11 is 0. The summed E-state index contributed by atoms with van der Waals surface area (Å²) in [6.07, 6.45) is 3.53. The van der Waals surface area contributed by atoms with Gasteiger partial charge in [0.2, 0.25) is 5.91 Å². The molecule has 0 aliphatic heterocycles. The number of aryl methyl sites for hydroxylation is 1. The Morgan fingerprint density at radius 1 is 1.09 bits per heavy atom. The summed E-state index contributed by atoms with van der Waals surface area (Å²) in [5, 5.41) is 11.5. The third kappa shape index (κ3) is 4.91. The molecule has 4 nitrogen and oxygen atoms in total. The first-order valence-corrected chi connectivity index (χ1v) is 8.00. The Hall–Kier alpha value is -2.17. The minimum absolute atomic E-state index is 0.367. The number of nitrogens with two attached hydrogens (primary N) is 1. The number of hydrogen-bond acceptors (Lipinski definition) is 3. The van der Waals surface area contributed by atoms with Crippen LogP contribution >= 0.6 is 0 Å². The molecule has 0 fully saturated rings. The third-order valence-corrected chi connectivity index (χ3v) is 3.79. The zero-order valence-corrected chi connectivity index (χ0v) is 13.5. The summed E-state index contributed by atoms with van der Waals surface area (Å²) in [4.78, 5) is 11.6. The van der Waals surface area contributed by atoms with Gasteiger partial charge in [0.1, 0.15) is 6.04 Å². The van der Waals surface area contributed by atoms with Gasteiger partial charge in [-0.1, -0.05) is 49.7 Å². The fourth-order valence-electron chi connectivity index (χ4n) is 2.31. The van der Waals surface area contributed by atoms with Crippen LogP contribution in [0.2, 0.25) is 0 Å². The first-order chi connectivity index (χ1) is 11.1. The van der Waals surface area contributed by atoms with Crippen LogP contribution in [0, 0.1) is 0 Å². The number of nitrogens with one attached hydrogen (secondary N) is 1. The second-order valence-corrected chi connectivity index (χ2v) is 5.66. The molecule has 4 heteroatoms. The maximum absolute atomic E-state index is 11.6. The molecule has 0 aromatic heterocycles. The highest BCUT2D eigenvalue weighted by Gasteiger charge is 2.11. The van der Waals surface area contributed by atoms with Gasteiger partial charge in [0.05, 0.1) is 6.61 Å². The third-order valence-electron chi connectivity index (χ3n) is 3.79. The van der Waals surface area contributed by atoms with Crippen molar-refractivity contribution in [1.82, 2.24) is 0 Å². The van der Waals surface area contributed by atoms with Crippen molar-refractivity contribution in [1.29, 1.82) is 0 Å². The Labute approximate surface area is 137 Å². The van der Waals surface area contributed by atoms with Crippen molar-refractivity contribution in [2.24, 2.45) is 5.73 Å². The van der Waals surface area contributed by atoms with E-state index in [0.29, 0.717) is 5.69 Å². The van der Waals surface area contributed by atoms with Crippen molar-refractivity contribution < 1.29 is 9.90 Å². The minimum atomic E-state index is -0.898. The average Bonchev–Trinajstić information content (AvgIpc) is 2.60. The average molecular weight is 312 g/mol. The Morgan fingerprint density at radius 2 is 1.65 bits per heavy atom. The van der Waals surface area contributed by atoms with E-state index in [1.165, 1.54) is 18.4 Å². The molecule has 2 aromatic carbocycles. The lowest BCUT2D eigenvalue weighted by atomic mass is 10.0. The molecule has 0 saturated carbocycles. The standard InChI is InChI=1S/C19H24N2O2/c1-2-3-4-14-5-7-15(8-6-14)16-9-11-17(12-10-16)21-19(23)18(20)13-22/h5-12,18,22H,2-4,13,20H2,1H3,(H,21,23)/t18-/m0/s1. The molecule has 2 aromatic rings. The van der Waals surface area contributed by atoms with Gasteiger partial charge in [-0.05, 0) is 41.7 Å². The highest BCUT2D eigenvalue weighted by molar-refractivity contribution is 5.94. The Balaban J connectivity index is 2.03. The second kappa shape index (κ2) is 8.46. The van der Waals surface area contributed by atoms with E-state index in [9.17, 15) is 4.79 Å². The maximum atomic E-state index is 11.6. The first-order valence-electron chi connectivity index (χ1n) is 8.00. The molecule has 0 bridgehead atoms. The molecule has 23 heavy (non-hydrogen) atoms. The fraction of sp³-hybridized carbons (Fsp3) is 0.316. The quantitative estimate of drug-likeness (QED) is 0.736. The number of carbonyl (C=O) groups is 1. The van der Waals surface area contributed by atoms with E-state index in [1.54, 1.807) is 0 Å². The molecule has 1 atom stereocenters. The van der Waals surface area contributed by atoms with Crippen LogP contribution in [0.5, 0.6) is 0 Å². The number of rotatable bonds is 7. The largest absolute Gasteiger partial charge is 0.394 e. The Morgan fingerprint density at radius 3 is 2.17 bits per heavy atom. The predicted octanol–water partition coefficient (Wildman–Crippen LogP) is 2.95. The van der Waals surface area contributed by atoms with Crippen LogP contribution < -0.4 is 11.1 Å². The number of unbranched alkanes of at least 4 members (excludes halogenated alkanes) is 1. The molecular formula is C19H24N2O2. The van der Waals surface area contributed by atoms with E-state index < -0.39 is 6.04 Å². The van der Waals surface area contributed by atoms with Gasteiger partial charge in [0, 0.05) is 5.69 Å². The van der Waals surface area contributed by atoms with Gasteiger partial charge >= 0.3 is 0 Å². The molecule has 4 N–H and O–H groups in total. The van der Waals surface area contributed by atoms with Crippen LogP contribution in [0.25, 0.3) is 11.1 Å². The maximum Gasteiger partial charge on any atom is 0.243 e. The van der Waals surface area contributed by atoms with Crippen molar-refractivity contribution in [2.75, 3.05) is 11.9 Å². The van der Waals surface area contributed by atoms with Crippen molar-refractivity contribution in [2.45, 2.75) is 32.2 Å². The van der Waals surface area contributed by atoms with Gasteiger partial charge in [0.15, 0.2) is 0 Å². The predicted molar refractivity (Wildman–Crippen MR) is 94.2 cm³/mol. The van der Waals surface area contributed by atoms with Crippen LogP contribution in [0.3, 0.4) is 0 Å². The lowest BCUT2D eigenvalue weighted by Crippen LogP contribution is -2.38. The van der Waals surface area contributed by atoms with E-state index in [-0.39, 0.29) is 12.5 Å². The normalized spacial score (nSPS) is 12.0. The zero-order chi connectivity index (χ0) is 16.7. The molecule has 1 amide bonds. The van der Waals surface area contributed by atoms with Gasteiger partial charge in [-0.3, -0.25) is 4.79 Å². The number of hydrogen-bond donors (Lipinski definition) is 3. The smallest absolute Gasteiger partial charge is 0.243 e.